The Morgan fingerprint density at radius 2 is 1.88 bits per heavy atom. The molecular formula is C21H23N3O. The van der Waals surface area contributed by atoms with Crippen LogP contribution in [0.3, 0.4) is 0 Å². The Hall–Kier alpha value is -2.46. The van der Waals surface area contributed by atoms with Gasteiger partial charge in [-0.3, -0.25) is 0 Å². The lowest BCUT2D eigenvalue weighted by Gasteiger charge is -2.20. The molecule has 1 aromatic heterocycles. The van der Waals surface area contributed by atoms with Gasteiger partial charge in [0.15, 0.2) is 0 Å². The van der Waals surface area contributed by atoms with Crippen molar-refractivity contribution in [3.8, 4) is 11.3 Å². The first-order valence-electron chi connectivity index (χ1n) is 9.01. The second-order valence-corrected chi connectivity index (χ2v) is 6.77. The van der Waals surface area contributed by atoms with Crippen LogP contribution in [0.15, 0.2) is 54.7 Å². The molecule has 4 heteroatoms. The largest absolute Gasteiger partial charge is 0.396 e. The fraction of sp³-hybridized carbons (Fsp3) is 0.333. The van der Waals surface area contributed by atoms with Crippen molar-refractivity contribution in [2.75, 3.05) is 24.6 Å². The van der Waals surface area contributed by atoms with Crippen LogP contribution >= 0.6 is 0 Å². The molecule has 1 fully saturated rings. The molecule has 2 heterocycles. The van der Waals surface area contributed by atoms with Gasteiger partial charge in [-0.15, -0.1) is 0 Å². The third-order valence-electron chi connectivity index (χ3n) is 5.08. The molecule has 128 valence electrons. The number of fused-ring (bicyclic) bond motifs is 1. The number of aliphatic hydroxyl groups excluding tert-OH is 1. The molecule has 25 heavy (non-hydrogen) atoms. The van der Waals surface area contributed by atoms with Crippen molar-refractivity contribution in [1.82, 2.24) is 9.97 Å². The first kappa shape index (κ1) is 16.0. The van der Waals surface area contributed by atoms with Crippen LogP contribution in [0.5, 0.6) is 0 Å². The van der Waals surface area contributed by atoms with Gasteiger partial charge in [0.2, 0.25) is 5.95 Å². The van der Waals surface area contributed by atoms with Gasteiger partial charge < -0.3 is 10.0 Å². The minimum Gasteiger partial charge on any atom is -0.396 e. The molecule has 4 rings (SSSR count). The molecule has 0 amide bonds. The van der Waals surface area contributed by atoms with Gasteiger partial charge in [0.05, 0.1) is 5.69 Å². The highest BCUT2D eigenvalue weighted by molar-refractivity contribution is 5.86. The summed E-state index contributed by atoms with van der Waals surface area (Å²) in [4.78, 5) is 11.6. The van der Waals surface area contributed by atoms with Crippen molar-refractivity contribution >= 4 is 16.7 Å². The average molecular weight is 333 g/mol. The number of anilines is 1. The van der Waals surface area contributed by atoms with Gasteiger partial charge in [-0.1, -0.05) is 36.4 Å². The topological polar surface area (TPSA) is 49.2 Å². The fourth-order valence-corrected chi connectivity index (χ4v) is 3.56. The van der Waals surface area contributed by atoms with Gasteiger partial charge >= 0.3 is 0 Å². The Kier molecular flexibility index (Phi) is 4.61. The number of nitrogens with zero attached hydrogens (tertiary/aromatic N) is 3. The van der Waals surface area contributed by atoms with Crippen LogP contribution in [-0.2, 0) is 0 Å². The predicted molar refractivity (Wildman–Crippen MR) is 102 cm³/mol. The smallest absolute Gasteiger partial charge is 0.225 e. The summed E-state index contributed by atoms with van der Waals surface area (Å²) in [6.07, 6.45) is 5.01. The molecule has 3 aromatic rings. The molecule has 1 atom stereocenters. The van der Waals surface area contributed by atoms with Crippen molar-refractivity contribution in [1.29, 1.82) is 0 Å². The van der Waals surface area contributed by atoms with Crippen LogP contribution in [0.2, 0.25) is 0 Å². The van der Waals surface area contributed by atoms with Gasteiger partial charge in [0.25, 0.3) is 0 Å². The molecule has 0 saturated carbocycles. The van der Waals surface area contributed by atoms with E-state index in [1.54, 1.807) is 0 Å². The number of rotatable bonds is 3. The van der Waals surface area contributed by atoms with Crippen LogP contribution in [0, 0.1) is 5.92 Å². The summed E-state index contributed by atoms with van der Waals surface area (Å²) < 4.78 is 0. The summed E-state index contributed by atoms with van der Waals surface area (Å²) in [6, 6.07) is 16.8. The SMILES string of the molecule is OC[C@H]1CCCN(c2nccc(-c3ccc4ccccc4c3)n2)CC1. The summed E-state index contributed by atoms with van der Waals surface area (Å²) in [5.74, 6) is 1.21. The van der Waals surface area contributed by atoms with E-state index in [0.717, 1.165) is 49.6 Å². The Balaban J connectivity index is 1.62. The molecule has 0 spiro atoms. The fourth-order valence-electron chi connectivity index (χ4n) is 3.56. The first-order valence-corrected chi connectivity index (χ1v) is 9.01. The Labute approximate surface area is 148 Å². The van der Waals surface area contributed by atoms with Crippen molar-refractivity contribution in [2.24, 2.45) is 5.92 Å². The molecule has 0 bridgehead atoms. The Bertz CT molecular complexity index is 864. The van der Waals surface area contributed by atoms with Gasteiger partial charge in [-0.2, -0.15) is 0 Å². The maximum atomic E-state index is 9.40. The molecule has 0 aliphatic carbocycles. The molecule has 2 aromatic carbocycles. The van der Waals surface area contributed by atoms with Crippen LogP contribution in [0.25, 0.3) is 22.0 Å². The van der Waals surface area contributed by atoms with Crippen LogP contribution in [0.1, 0.15) is 19.3 Å². The minimum atomic E-state index is 0.284. The van der Waals surface area contributed by atoms with E-state index in [2.05, 4.69) is 52.3 Å². The number of benzene rings is 2. The lowest BCUT2D eigenvalue weighted by molar-refractivity contribution is 0.215. The summed E-state index contributed by atoms with van der Waals surface area (Å²) in [6.45, 7) is 2.15. The minimum absolute atomic E-state index is 0.284. The average Bonchev–Trinajstić information content (AvgIpc) is 2.93. The molecular weight excluding hydrogens is 310 g/mol. The monoisotopic (exact) mass is 333 g/mol. The third kappa shape index (κ3) is 3.49. The maximum absolute atomic E-state index is 9.40. The molecule has 1 saturated heterocycles. The second-order valence-electron chi connectivity index (χ2n) is 6.77. The van der Waals surface area contributed by atoms with Gasteiger partial charge in [-0.25, -0.2) is 9.97 Å². The Morgan fingerprint density at radius 3 is 2.76 bits per heavy atom. The molecule has 1 aliphatic heterocycles. The highest BCUT2D eigenvalue weighted by Gasteiger charge is 2.18. The van der Waals surface area contributed by atoms with Crippen molar-refractivity contribution in [3.05, 3.63) is 54.7 Å². The van der Waals surface area contributed by atoms with Crippen molar-refractivity contribution in [2.45, 2.75) is 19.3 Å². The number of hydrogen-bond donors (Lipinski definition) is 1. The number of aliphatic hydroxyl groups is 1. The van der Waals surface area contributed by atoms with Gasteiger partial charge in [0.1, 0.15) is 0 Å². The van der Waals surface area contributed by atoms with E-state index in [4.69, 9.17) is 4.98 Å². The first-order chi connectivity index (χ1) is 12.3. The van der Waals surface area contributed by atoms with Gasteiger partial charge in [-0.05, 0) is 48.1 Å². The molecule has 1 aliphatic rings. The van der Waals surface area contributed by atoms with Crippen LogP contribution < -0.4 is 4.90 Å². The van der Waals surface area contributed by atoms with E-state index in [1.807, 2.05) is 12.3 Å². The van der Waals surface area contributed by atoms with Crippen molar-refractivity contribution < 1.29 is 5.11 Å². The zero-order chi connectivity index (χ0) is 17.1. The maximum Gasteiger partial charge on any atom is 0.225 e. The summed E-state index contributed by atoms with van der Waals surface area (Å²) >= 11 is 0. The molecule has 4 nitrogen and oxygen atoms in total. The molecule has 1 N–H and O–H groups in total. The van der Waals surface area contributed by atoms with E-state index < -0.39 is 0 Å². The van der Waals surface area contributed by atoms with E-state index in [9.17, 15) is 5.11 Å². The number of aromatic nitrogens is 2. The molecule has 0 radical (unpaired) electrons. The van der Waals surface area contributed by atoms with E-state index in [0.29, 0.717) is 5.92 Å². The van der Waals surface area contributed by atoms with Crippen molar-refractivity contribution in [3.63, 3.8) is 0 Å². The second kappa shape index (κ2) is 7.19. The summed E-state index contributed by atoms with van der Waals surface area (Å²) in [7, 11) is 0. The summed E-state index contributed by atoms with van der Waals surface area (Å²) in [5, 5.41) is 11.9. The van der Waals surface area contributed by atoms with E-state index >= 15 is 0 Å². The van der Waals surface area contributed by atoms with Gasteiger partial charge in [0, 0.05) is 31.5 Å². The quantitative estimate of drug-likeness (QED) is 0.790. The normalized spacial score (nSPS) is 18.3. The van der Waals surface area contributed by atoms with E-state index in [1.165, 1.54) is 10.8 Å². The van der Waals surface area contributed by atoms with Crippen LogP contribution in [0.4, 0.5) is 5.95 Å². The highest BCUT2D eigenvalue weighted by Crippen LogP contribution is 2.25. The van der Waals surface area contributed by atoms with E-state index in [-0.39, 0.29) is 6.61 Å². The summed E-state index contributed by atoms with van der Waals surface area (Å²) in [5.41, 5.74) is 2.07. The lowest BCUT2D eigenvalue weighted by Crippen LogP contribution is -2.26. The zero-order valence-electron chi connectivity index (χ0n) is 14.3. The third-order valence-corrected chi connectivity index (χ3v) is 5.08. The Morgan fingerprint density at radius 1 is 1.00 bits per heavy atom. The highest BCUT2D eigenvalue weighted by atomic mass is 16.3. The standard InChI is InChI=1S/C21H23N3O/c25-15-16-4-3-12-24(13-10-16)21-22-11-9-20(23-21)19-8-7-17-5-1-2-6-18(17)14-19/h1-2,5-9,11,14,16,25H,3-4,10,12-13,15H2/t16-/m0/s1. The lowest BCUT2D eigenvalue weighted by atomic mass is 10.0. The molecule has 0 unspecified atom stereocenters. The predicted octanol–water partition coefficient (Wildman–Crippen LogP) is 3.90. The van der Waals surface area contributed by atoms with Crippen LogP contribution in [-0.4, -0.2) is 34.8 Å². The number of hydrogen-bond acceptors (Lipinski definition) is 4. The zero-order valence-corrected chi connectivity index (χ0v) is 14.3.